The lowest BCUT2D eigenvalue weighted by molar-refractivity contribution is 0.102. The Morgan fingerprint density at radius 1 is 1.05 bits per heavy atom. The lowest BCUT2D eigenvalue weighted by Crippen LogP contribution is -2.31. The van der Waals surface area contributed by atoms with Gasteiger partial charge in [0.25, 0.3) is 5.91 Å². The SMILES string of the molecule is O=C(Nc1ccccc1)c1ccc(OC2CSC2)cc1. The maximum absolute atomic E-state index is 12.1. The first-order chi connectivity index (χ1) is 9.81. The van der Waals surface area contributed by atoms with Crippen LogP contribution in [0.1, 0.15) is 10.4 Å². The average molecular weight is 285 g/mol. The van der Waals surface area contributed by atoms with Gasteiger partial charge in [-0.25, -0.2) is 0 Å². The molecule has 0 aromatic heterocycles. The molecular weight excluding hydrogens is 270 g/mol. The summed E-state index contributed by atoms with van der Waals surface area (Å²) in [6, 6.07) is 16.7. The van der Waals surface area contributed by atoms with Gasteiger partial charge in [0, 0.05) is 22.8 Å². The highest BCUT2D eigenvalue weighted by Crippen LogP contribution is 2.24. The zero-order valence-electron chi connectivity index (χ0n) is 10.9. The van der Waals surface area contributed by atoms with Gasteiger partial charge in [0.1, 0.15) is 11.9 Å². The summed E-state index contributed by atoms with van der Waals surface area (Å²) in [5.41, 5.74) is 1.42. The molecule has 4 heteroatoms. The van der Waals surface area contributed by atoms with Gasteiger partial charge in [0.15, 0.2) is 0 Å². The summed E-state index contributed by atoms with van der Waals surface area (Å²) in [5.74, 6) is 2.82. The smallest absolute Gasteiger partial charge is 0.255 e. The van der Waals surface area contributed by atoms with Gasteiger partial charge in [-0.2, -0.15) is 11.8 Å². The molecule has 3 rings (SSSR count). The minimum atomic E-state index is -0.109. The average Bonchev–Trinajstić information content (AvgIpc) is 2.44. The molecule has 1 fully saturated rings. The molecule has 102 valence electrons. The van der Waals surface area contributed by atoms with Crippen molar-refractivity contribution in [2.24, 2.45) is 0 Å². The molecule has 0 saturated carbocycles. The van der Waals surface area contributed by atoms with Gasteiger partial charge < -0.3 is 10.1 Å². The predicted molar refractivity (Wildman–Crippen MR) is 82.6 cm³/mol. The second-order valence-electron chi connectivity index (χ2n) is 4.62. The van der Waals surface area contributed by atoms with Crippen LogP contribution in [-0.4, -0.2) is 23.5 Å². The van der Waals surface area contributed by atoms with E-state index in [1.807, 2.05) is 54.2 Å². The highest BCUT2D eigenvalue weighted by Gasteiger charge is 2.19. The number of hydrogen-bond acceptors (Lipinski definition) is 3. The zero-order valence-corrected chi connectivity index (χ0v) is 11.7. The van der Waals surface area contributed by atoms with E-state index in [1.165, 1.54) is 0 Å². The van der Waals surface area contributed by atoms with Crippen LogP contribution in [0.4, 0.5) is 5.69 Å². The van der Waals surface area contributed by atoms with Crippen molar-refractivity contribution in [1.29, 1.82) is 0 Å². The molecule has 1 heterocycles. The molecule has 1 saturated heterocycles. The molecule has 0 spiro atoms. The standard InChI is InChI=1S/C16H15NO2S/c18-16(17-13-4-2-1-3-5-13)12-6-8-14(9-7-12)19-15-10-20-11-15/h1-9,15H,10-11H2,(H,17,18). The number of ether oxygens (including phenoxy) is 1. The Morgan fingerprint density at radius 2 is 1.75 bits per heavy atom. The van der Waals surface area contributed by atoms with Gasteiger partial charge in [-0.05, 0) is 36.4 Å². The maximum Gasteiger partial charge on any atom is 0.255 e. The molecule has 0 bridgehead atoms. The molecule has 0 unspecified atom stereocenters. The minimum Gasteiger partial charge on any atom is -0.489 e. The van der Waals surface area contributed by atoms with Crippen LogP contribution in [0.5, 0.6) is 5.75 Å². The Bertz CT molecular complexity index is 579. The van der Waals surface area contributed by atoms with E-state index in [-0.39, 0.29) is 5.91 Å². The van der Waals surface area contributed by atoms with Crippen molar-refractivity contribution in [1.82, 2.24) is 0 Å². The summed E-state index contributed by atoms with van der Waals surface area (Å²) >= 11 is 1.88. The Labute approximate surface area is 122 Å². The molecule has 1 aliphatic rings. The molecular formula is C16H15NO2S. The Morgan fingerprint density at radius 3 is 2.35 bits per heavy atom. The Balaban J connectivity index is 1.63. The summed E-state index contributed by atoms with van der Waals surface area (Å²) < 4.78 is 5.75. The number of para-hydroxylation sites is 1. The largest absolute Gasteiger partial charge is 0.489 e. The van der Waals surface area contributed by atoms with Crippen LogP contribution in [0, 0.1) is 0 Å². The predicted octanol–water partition coefficient (Wildman–Crippen LogP) is 3.43. The summed E-state index contributed by atoms with van der Waals surface area (Å²) in [7, 11) is 0. The normalized spacial score (nSPS) is 14.4. The van der Waals surface area contributed by atoms with Crippen molar-refractivity contribution in [3.05, 3.63) is 60.2 Å². The number of carbonyl (C=O) groups is 1. The molecule has 0 atom stereocenters. The number of anilines is 1. The molecule has 0 aliphatic carbocycles. The van der Waals surface area contributed by atoms with Gasteiger partial charge in [-0.3, -0.25) is 4.79 Å². The molecule has 1 N–H and O–H groups in total. The number of rotatable bonds is 4. The van der Waals surface area contributed by atoms with Crippen LogP contribution in [-0.2, 0) is 0 Å². The molecule has 1 amide bonds. The lowest BCUT2D eigenvalue weighted by atomic mass is 10.2. The second-order valence-corrected chi connectivity index (χ2v) is 5.70. The molecule has 0 radical (unpaired) electrons. The molecule has 3 nitrogen and oxygen atoms in total. The number of hydrogen-bond donors (Lipinski definition) is 1. The van der Waals surface area contributed by atoms with Gasteiger partial charge in [-0.15, -0.1) is 0 Å². The van der Waals surface area contributed by atoms with Crippen LogP contribution < -0.4 is 10.1 Å². The third kappa shape index (κ3) is 3.14. The number of nitrogens with one attached hydrogen (secondary N) is 1. The molecule has 2 aromatic rings. The molecule has 20 heavy (non-hydrogen) atoms. The van der Waals surface area contributed by atoms with Crippen LogP contribution in [0.15, 0.2) is 54.6 Å². The summed E-state index contributed by atoms with van der Waals surface area (Å²) in [6.45, 7) is 0. The van der Waals surface area contributed by atoms with Gasteiger partial charge >= 0.3 is 0 Å². The summed E-state index contributed by atoms with van der Waals surface area (Å²) in [5, 5.41) is 2.86. The highest BCUT2D eigenvalue weighted by molar-refractivity contribution is 8.00. The molecule has 2 aromatic carbocycles. The fourth-order valence-corrected chi connectivity index (χ4v) is 2.45. The second kappa shape index (κ2) is 6.01. The van der Waals surface area contributed by atoms with Gasteiger partial charge in [0.2, 0.25) is 0 Å². The van der Waals surface area contributed by atoms with Crippen molar-refractivity contribution in [2.75, 3.05) is 16.8 Å². The third-order valence-electron chi connectivity index (χ3n) is 3.06. The number of carbonyl (C=O) groups excluding carboxylic acids is 1. The van der Waals surface area contributed by atoms with Gasteiger partial charge in [-0.1, -0.05) is 18.2 Å². The first-order valence-corrected chi connectivity index (χ1v) is 7.67. The monoisotopic (exact) mass is 285 g/mol. The van der Waals surface area contributed by atoms with E-state index >= 15 is 0 Å². The van der Waals surface area contributed by atoms with Crippen LogP contribution >= 0.6 is 11.8 Å². The van der Waals surface area contributed by atoms with E-state index in [2.05, 4.69) is 5.32 Å². The summed E-state index contributed by atoms with van der Waals surface area (Å²) in [6.07, 6.45) is 0.323. The maximum atomic E-state index is 12.1. The van der Waals surface area contributed by atoms with Crippen LogP contribution in [0.25, 0.3) is 0 Å². The number of amides is 1. The van der Waals surface area contributed by atoms with Crippen molar-refractivity contribution in [3.63, 3.8) is 0 Å². The third-order valence-corrected chi connectivity index (χ3v) is 4.27. The number of benzene rings is 2. The van der Waals surface area contributed by atoms with E-state index in [9.17, 15) is 4.79 Å². The van der Waals surface area contributed by atoms with Crippen molar-refractivity contribution >= 4 is 23.4 Å². The van der Waals surface area contributed by atoms with E-state index in [0.29, 0.717) is 11.7 Å². The summed E-state index contributed by atoms with van der Waals surface area (Å²) in [4.78, 5) is 12.1. The Kier molecular flexibility index (Phi) is 3.92. The van der Waals surface area contributed by atoms with E-state index < -0.39 is 0 Å². The minimum absolute atomic E-state index is 0.109. The first kappa shape index (κ1) is 13.1. The quantitative estimate of drug-likeness (QED) is 0.935. The van der Waals surface area contributed by atoms with Crippen molar-refractivity contribution in [3.8, 4) is 5.75 Å². The Hall–Kier alpha value is -1.94. The first-order valence-electron chi connectivity index (χ1n) is 6.52. The van der Waals surface area contributed by atoms with E-state index in [0.717, 1.165) is 22.9 Å². The van der Waals surface area contributed by atoms with Crippen LogP contribution in [0.2, 0.25) is 0 Å². The van der Waals surface area contributed by atoms with E-state index in [1.54, 1.807) is 12.1 Å². The fraction of sp³-hybridized carbons (Fsp3) is 0.188. The fourth-order valence-electron chi connectivity index (χ4n) is 1.88. The zero-order chi connectivity index (χ0) is 13.8. The topological polar surface area (TPSA) is 38.3 Å². The van der Waals surface area contributed by atoms with E-state index in [4.69, 9.17) is 4.74 Å². The lowest BCUT2D eigenvalue weighted by Gasteiger charge is -2.25. The highest BCUT2D eigenvalue weighted by atomic mass is 32.2. The van der Waals surface area contributed by atoms with Crippen LogP contribution in [0.3, 0.4) is 0 Å². The van der Waals surface area contributed by atoms with Gasteiger partial charge in [0.05, 0.1) is 0 Å². The number of thioether (sulfide) groups is 1. The van der Waals surface area contributed by atoms with Crippen molar-refractivity contribution in [2.45, 2.75) is 6.10 Å². The molecule has 1 aliphatic heterocycles. The van der Waals surface area contributed by atoms with Crippen molar-refractivity contribution < 1.29 is 9.53 Å².